The molecule has 1 aliphatic heterocycles. The molecule has 1 aliphatic rings. The van der Waals surface area contributed by atoms with Crippen molar-refractivity contribution in [2.45, 2.75) is 17.4 Å². The van der Waals surface area contributed by atoms with Gasteiger partial charge in [0.1, 0.15) is 5.75 Å². The third kappa shape index (κ3) is 3.27. The summed E-state index contributed by atoms with van der Waals surface area (Å²) in [4.78, 5) is 12.6. The number of ether oxygens (including phenoxy) is 1. The Morgan fingerprint density at radius 1 is 1.17 bits per heavy atom. The van der Waals surface area contributed by atoms with Gasteiger partial charge in [-0.25, -0.2) is 13.1 Å². The van der Waals surface area contributed by atoms with Gasteiger partial charge in [0.25, 0.3) is 5.91 Å². The van der Waals surface area contributed by atoms with Gasteiger partial charge in [0.15, 0.2) is 0 Å². The molecule has 24 heavy (non-hydrogen) atoms. The molecule has 1 atom stereocenters. The maximum absolute atomic E-state index is 12.5. The Kier molecular flexibility index (Phi) is 4.55. The number of nitrogens with one attached hydrogen (secondary N) is 2. The standard InChI is InChI=1S/C17H18N2O4S/c1-18-24(21,22)13-6-4-5-12(11-13)17(20)19-15-9-10-23-16-8-3-2-7-14(15)16/h2-8,11,15,18H,9-10H2,1H3,(H,19,20)/t15-/m1/s1. The SMILES string of the molecule is CNS(=O)(=O)c1cccc(C(=O)N[C@@H]2CCOc3ccccc32)c1. The zero-order chi connectivity index (χ0) is 17.2. The summed E-state index contributed by atoms with van der Waals surface area (Å²) >= 11 is 0. The molecule has 0 unspecified atom stereocenters. The molecule has 0 aromatic heterocycles. The van der Waals surface area contributed by atoms with Crippen LogP contribution in [-0.2, 0) is 10.0 Å². The predicted molar refractivity (Wildman–Crippen MR) is 89.4 cm³/mol. The second-order valence-corrected chi connectivity index (χ2v) is 7.32. The third-order valence-electron chi connectivity index (χ3n) is 3.94. The summed E-state index contributed by atoms with van der Waals surface area (Å²) in [7, 11) is -2.25. The molecule has 0 saturated heterocycles. The van der Waals surface area contributed by atoms with Crippen molar-refractivity contribution in [3.63, 3.8) is 0 Å². The lowest BCUT2D eigenvalue weighted by atomic mass is 10.00. The maximum Gasteiger partial charge on any atom is 0.251 e. The highest BCUT2D eigenvalue weighted by Crippen LogP contribution is 2.31. The van der Waals surface area contributed by atoms with Gasteiger partial charge in [-0.05, 0) is 31.3 Å². The number of hydrogen-bond acceptors (Lipinski definition) is 4. The van der Waals surface area contributed by atoms with Gasteiger partial charge in [-0.2, -0.15) is 0 Å². The van der Waals surface area contributed by atoms with Crippen LogP contribution in [0.4, 0.5) is 0 Å². The molecule has 2 N–H and O–H groups in total. The molecule has 1 amide bonds. The quantitative estimate of drug-likeness (QED) is 0.885. The molecule has 0 saturated carbocycles. The van der Waals surface area contributed by atoms with Crippen LogP contribution in [0.5, 0.6) is 5.75 Å². The Morgan fingerprint density at radius 3 is 2.75 bits per heavy atom. The molecule has 0 bridgehead atoms. The third-order valence-corrected chi connectivity index (χ3v) is 5.35. The highest BCUT2D eigenvalue weighted by atomic mass is 32.2. The van der Waals surface area contributed by atoms with Gasteiger partial charge < -0.3 is 10.1 Å². The van der Waals surface area contributed by atoms with Crippen LogP contribution in [0.3, 0.4) is 0 Å². The minimum absolute atomic E-state index is 0.0602. The zero-order valence-electron chi connectivity index (χ0n) is 13.2. The van der Waals surface area contributed by atoms with E-state index in [9.17, 15) is 13.2 Å². The van der Waals surface area contributed by atoms with Crippen molar-refractivity contribution in [1.82, 2.24) is 10.0 Å². The fourth-order valence-corrected chi connectivity index (χ4v) is 3.43. The molecule has 2 aromatic carbocycles. The minimum Gasteiger partial charge on any atom is -0.493 e. The van der Waals surface area contributed by atoms with Gasteiger partial charge >= 0.3 is 0 Å². The van der Waals surface area contributed by atoms with Gasteiger partial charge in [0.2, 0.25) is 10.0 Å². The number of fused-ring (bicyclic) bond motifs is 1. The first kappa shape index (κ1) is 16.5. The smallest absolute Gasteiger partial charge is 0.251 e. The number of carbonyl (C=O) groups is 1. The Bertz CT molecular complexity index is 864. The van der Waals surface area contributed by atoms with Crippen molar-refractivity contribution in [2.24, 2.45) is 0 Å². The van der Waals surface area contributed by atoms with E-state index in [4.69, 9.17) is 4.74 Å². The molecular weight excluding hydrogens is 328 g/mol. The van der Waals surface area contributed by atoms with Gasteiger partial charge in [0, 0.05) is 17.5 Å². The summed E-state index contributed by atoms with van der Waals surface area (Å²) in [5.74, 6) is 0.449. The van der Waals surface area contributed by atoms with E-state index in [0.29, 0.717) is 18.6 Å². The van der Waals surface area contributed by atoms with Crippen molar-refractivity contribution >= 4 is 15.9 Å². The van der Waals surface area contributed by atoms with Crippen LogP contribution in [-0.4, -0.2) is 28.0 Å². The molecular formula is C17H18N2O4S. The fraction of sp³-hybridized carbons (Fsp3) is 0.235. The van der Waals surface area contributed by atoms with Crippen molar-refractivity contribution in [1.29, 1.82) is 0 Å². The monoisotopic (exact) mass is 346 g/mol. The number of carbonyl (C=O) groups excluding carboxylic acids is 1. The van der Waals surface area contributed by atoms with Crippen molar-refractivity contribution in [3.8, 4) is 5.75 Å². The van der Waals surface area contributed by atoms with E-state index < -0.39 is 10.0 Å². The van der Waals surface area contributed by atoms with Crippen molar-refractivity contribution in [3.05, 3.63) is 59.7 Å². The highest BCUT2D eigenvalue weighted by Gasteiger charge is 2.23. The average Bonchev–Trinajstić information content (AvgIpc) is 2.62. The zero-order valence-corrected chi connectivity index (χ0v) is 14.0. The maximum atomic E-state index is 12.5. The first-order valence-electron chi connectivity index (χ1n) is 7.57. The number of para-hydroxylation sites is 1. The summed E-state index contributed by atoms with van der Waals surface area (Å²) in [6.07, 6.45) is 0.664. The van der Waals surface area contributed by atoms with Crippen LogP contribution in [0.1, 0.15) is 28.4 Å². The number of hydrogen-bond donors (Lipinski definition) is 2. The molecule has 0 aliphatic carbocycles. The lowest BCUT2D eigenvalue weighted by Crippen LogP contribution is -2.32. The topological polar surface area (TPSA) is 84.5 Å². The van der Waals surface area contributed by atoms with Crippen molar-refractivity contribution < 1.29 is 17.9 Å². The Balaban J connectivity index is 1.83. The Morgan fingerprint density at radius 2 is 1.96 bits per heavy atom. The summed E-state index contributed by atoms with van der Waals surface area (Å²) in [6.45, 7) is 0.524. The van der Waals surface area contributed by atoms with E-state index in [-0.39, 0.29) is 16.8 Å². The second-order valence-electron chi connectivity index (χ2n) is 5.44. The molecule has 1 heterocycles. The van der Waals surface area contributed by atoms with E-state index in [1.54, 1.807) is 12.1 Å². The normalized spacial score (nSPS) is 16.8. The van der Waals surface area contributed by atoms with Gasteiger partial charge in [0.05, 0.1) is 17.5 Å². The molecule has 126 valence electrons. The van der Waals surface area contributed by atoms with Crippen LogP contribution in [0.25, 0.3) is 0 Å². The second kappa shape index (κ2) is 6.62. The Hall–Kier alpha value is -2.38. The summed E-state index contributed by atoms with van der Waals surface area (Å²) in [5, 5.41) is 2.95. The van der Waals surface area contributed by atoms with E-state index in [1.165, 1.54) is 19.2 Å². The first-order chi connectivity index (χ1) is 11.5. The summed E-state index contributed by atoms with van der Waals surface area (Å²) < 4.78 is 31.6. The molecule has 0 spiro atoms. The molecule has 3 rings (SSSR count). The summed E-state index contributed by atoms with van der Waals surface area (Å²) in [6, 6.07) is 13.4. The van der Waals surface area contributed by atoms with Crippen LogP contribution < -0.4 is 14.8 Å². The number of amides is 1. The van der Waals surface area contributed by atoms with Crippen molar-refractivity contribution in [2.75, 3.05) is 13.7 Å². The highest BCUT2D eigenvalue weighted by molar-refractivity contribution is 7.89. The van der Waals surface area contributed by atoms with Gasteiger partial charge in [-0.1, -0.05) is 24.3 Å². The van der Waals surface area contributed by atoms with E-state index in [2.05, 4.69) is 10.0 Å². The molecule has 2 aromatic rings. The Labute approximate surface area is 140 Å². The number of rotatable bonds is 4. The number of sulfonamides is 1. The first-order valence-corrected chi connectivity index (χ1v) is 9.06. The number of benzene rings is 2. The summed E-state index contributed by atoms with van der Waals surface area (Å²) in [5.41, 5.74) is 1.23. The average molecular weight is 346 g/mol. The van der Waals surface area contributed by atoms with Gasteiger partial charge in [-0.15, -0.1) is 0 Å². The van der Waals surface area contributed by atoms with E-state index in [0.717, 1.165) is 11.3 Å². The lowest BCUT2D eigenvalue weighted by molar-refractivity contribution is 0.0924. The van der Waals surface area contributed by atoms with Crippen LogP contribution in [0.2, 0.25) is 0 Å². The van der Waals surface area contributed by atoms with Gasteiger partial charge in [-0.3, -0.25) is 4.79 Å². The predicted octanol–water partition coefficient (Wildman–Crippen LogP) is 1.85. The molecule has 7 heteroatoms. The lowest BCUT2D eigenvalue weighted by Gasteiger charge is -2.26. The van der Waals surface area contributed by atoms with E-state index in [1.807, 2.05) is 24.3 Å². The van der Waals surface area contributed by atoms with E-state index >= 15 is 0 Å². The molecule has 6 nitrogen and oxygen atoms in total. The minimum atomic E-state index is -3.59. The van der Waals surface area contributed by atoms with Crippen LogP contribution >= 0.6 is 0 Å². The molecule has 0 fully saturated rings. The largest absolute Gasteiger partial charge is 0.493 e. The van der Waals surface area contributed by atoms with Crippen LogP contribution in [0, 0.1) is 0 Å². The fourth-order valence-electron chi connectivity index (χ4n) is 2.66. The molecule has 0 radical (unpaired) electrons. The van der Waals surface area contributed by atoms with Crippen LogP contribution in [0.15, 0.2) is 53.4 Å².